The number of nitrogens with zero attached hydrogens (tertiary/aromatic N) is 2. The van der Waals surface area contributed by atoms with E-state index in [1.165, 1.54) is 31.5 Å². The van der Waals surface area contributed by atoms with Crippen molar-refractivity contribution in [3.63, 3.8) is 0 Å². The van der Waals surface area contributed by atoms with Crippen LogP contribution in [-0.2, 0) is 13.0 Å². The molecule has 3 nitrogen and oxygen atoms in total. The highest BCUT2D eigenvalue weighted by molar-refractivity contribution is 5.02. The van der Waals surface area contributed by atoms with Crippen molar-refractivity contribution in [1.29, 1.82) is 0 Å². The normalized spacial score (nSPS) is 21.5. The van der Waals surface area contributed by atoms with Crippen molar-refractivity contribution in [3.8, 4) is 0 Å². The minimum Gasteiger partial charge on any atom is -0.345 e. The quantitative estimate of drug-likeness (QED) is 0.804. The summed E-state index contributed by atoms with van der Waals surface area (Å²) in [6.07, 6.45) is 6.91. The molecule has 1 aliphatic rings. The molecule has 0 saturated heterocycles. The number of aromatic amines is 1. The molecule has 1 fully saturated rings. The number of imidazole rings is 1. The van der Waals surface area contributed by atoms with Crippen LogP contribution in [0.15, 0.2) is 6.20 Å². The maximum absolute atomic E-state index is 4.45. The topological polar surface area (TPSA) is 31.9 Å². The standard InChI is InChI=1S/C15H27N3/c1-5-6-7-14-16-9-13(17-14)11-18(4)10-12-8-15(12,2)3/h9,12H,5-8,10-11H2,1-4H3,(H,16,17)/t12-/m1/s1. The van der Waals surface area contributed by atoms with Gasteiger partial charge in [-0.25, -0.2) is 4.98 Å². The molecular weight excluding hydrogens is 222 g/mol. The first-order valence-electron chi connectivity index (χ1n) is 7.22. The van der Waals surface area contributed by atoms with Gasteiger partial charge in [-0.3, -0.25) is 0 Å². The molecular formula is C15H27N3. The number of H-pyrrole nitrogens is 1. The van der Waals surface area contributed by atoms with Crippen LogP contribution in [0.5, 0.6) is 0 Å². The number of hydrogen-bond donors (Lipinski definition) is 1. The van der Waals surface area contributed by atoms with Crippen molar-refractivity contribution in [2.75, 3.05) is 13.6 Å². The molecule has 1 aromatic heterocycles. The van der Waals surface area contributed by atoms with Crippen LogP contribution in [-0.4, -0.2) is 28.5 Å². The van der Waals surface area contributed by atoms with Gasteiger partial charge in [0, 0.05) is 31.4 Å². The van der Waals surface area contributed by atoms with E-state index >= 15 is 0 Å². The highest BCUT2D eigenvalue weighted by Crippen LogP contribution is 2.51. The van der Waals surface area contributed by atoms with E-state index in [0.29, 0.717) is 5.41 Å². The number of nitrogens with one attached hydrogen (secondary N) is 1. The van der Waals surface area contributed by atoms with E-state index in [9.17, 15) is 0 Å². The van der Waals surface area contributed by atoms with Crippen LogP contribution in [0.4, 0.5) is 0 Å². The summed E-state index contributed by atoms with van der Waals surface area (Å²) >= 11 is 0. The van der Waals surface area contributed by atoms with Crippen LogP contribution < -0.4 is 0 Å². The van der Waals surface area contributed by atoms with E-state index in [4.69, 9.17) is 0 Å². The van der Waals surface area contributed by atoms with Gasteiger partial charge in [0.05, 0.1) is 0 Å². The van der Waals surface area contributed by atoms with Gasteiger partial charge in [0.2, 0.25) is 0 Å². The fourth-order valence-electron chi connectivity index (χ4n) is 2.58. The first kappa shape index (κ1) is 13.6. The van der Waals surface area contributed by atoms with Crippen LogP contribution in [0, 0.1) is 11.3 Å². The van der Waals surface area contributed by atoms with Gasteiger partial charge >= 0.3 is 0 Å². The summed E-state index contributed by atoms with van der Waals surface area (Å²) in [5.41, 5.74) is 1.83. The van der Waals surface area contributed by atoms with Gasteiger partial charge in [-0.05, 0) is 31.2 Å². The van der Waals surface area contributed by atoms with Gasteiger partial charge < -0.3 is 9.88 Å². The maximum Gasteiger partial charge on any atom is 0.106 e. The van der Waals surface area contributed by atoms with E-state index in [-0.39, 0.29) is 0 Å². The second-order valence-electron chi connectivity index (χ2n) is 6.55. The molecule has 2 rings (SSSR count). The molecule has 1 atom stereocenters. The Hall–Kier alpha value is -0.830. The van der Waals surface area contributed by atoms with Crippen LogP contribution in [0.25, 0.3) is 0 Å². The molecule has 1 heterocycles. The number of aromatic nitrogens is 2. The van der Waals surface area contributed by atoms with Crippen molar-refractivity contribution in [2.24, 2.45) is 11.3 Å². The summed E-state index contributed by atoms with van der Waals surface area (Å²) in [5, 5.41) is 0. The van der Waals surface area contributed by atoms with E-state index in [0.717, 1.165) is 24.7 Å². The predicted octanol–water partition coefficient (Wildman–Crippen LogP) is 3.23. The summed E-state index contributed by atoms with van der Waals surface area (Å²) in [7, 11) is 2.21. The molecule has 0 spiro atoms. The Balaban J connectivity index is 1.76. The zero-order valence-corrected chi connectivity index (χ0v) is 12.3. The minimum atomic E-state index is 0.578. The lowest BCUT2D eigenvalue weighted by Gasteiger charge is -2.16. The molecule has 0 bridgehead atoms. The first-order valence-corrected chi connectivity index (χ1v) is 7.22. The highest BCUT2D eigenvalue weighted by atomic mass is 15.1. The van der Waals surface area contributed by atoms with Crippen LogP contribution >= 0.6 is 0 Å². The lowest BCUT2D eigenvalue weighted by atomic mass is 10.1. The summed E-state index contributed by atoms with van der Waals surface area (Å²) < 4.78 is 0. The third-order valence-corrected chi connectivity index (χ3v) is 4.14. The fraction of sp³-hybridized carbons (Fsp3) is 0.800. The molecule has 0 radical (unpaired) electrons. The Morgan fingerprint density at radius 2 is 2.22 bits per heavy atom. The third-order valence-electron chi connectivity index (χ3n) is 4.14. The van der Waals surface area contributed by atoms with E-state index in [1.54, 1.807) is 0 Å². The Kier molecular flexibility index (Phi) is 4.10. The highest BCUT2D eigenvalue weighted by Gasteiger charge is 2.45. The Morgan fingerprint density at radius 1 is 1.50 bits per heavy atom. The first-order chi connectivity index (χ1) is 8.51. The lowest BCUT2D eigenvalue weighted by molar-refractivity contribution is 0.292. The number of aryl methyl sites for hydroxylation is 1. The zero-order chi connectivity index (χ0) is 13.2. The van der Waals surface area contributed by atoms with Gasteiger partial charge in [0.15, 0.2) is 0 Å². The predicted molar refractivity (Wildman–Crippen MR) is 75.4 cm³/mol. The SMILES string of the molecule is CCCCc1ncc(CN(C)C[C@H]2CC2(C)C)[nH]1. The van der Waals surface area contributed by atoms with Crippen molar-refractivity contribution in [2.45, 2.75) is 53.0 Å². The number of rotatable bonds is 7. The summed E-state index contributed by atoms with van der Waals surface area (Å²) in [5.74, 6) is 2.02. The molecule has 0 unspecified atom stereocenters. The smallest absolute Gasteiger partial charge is 0.106 e. The Morgan fingerprint density at radius 3 is 2.83 bits per heavy atom. The molecule has 0 aliphatic heterocycles. The fourth-order valence-corrected chi connectivity index (χ4v) is 2.58. The number of unbranched alkanes of at least 4 members (excludes halogenated alkanes) is 1. The number of hydrogen-bond acceptors (Lipinski definition) is 2. The van der Waals surface area contributed by atoms with Gasteiger partial charge in [-0.15, -0.1) is 0 Å². The second kappa shape index (κ2) is 5.43. The van der Waals surface area contributed by atoms with E-state index < -0.39 is 0 Å². The van der Waals surface area contributed by atoms with Crippen LogP contribution in [0.3, 0.4) is 0 Å². The molecule has 3 heteroatoms. The van der Waals surface area contributed by atoms with Gasteiger partial charge in [-0.2, -0.15) is 0 Å². The lowest BCUT2D eigenvalue weighted by Crippen LogP contribution is -2.22. The average molecular weight is 249 g/mol. The maximum atomic E-state index is 4.45. The molecule has 102 valence electrons. The minimum absolute atomic E-state index is 0.578. The Labute approximate surface area is 111 Å². The molecule has 0 aromatic carbocycles. The average Bonchev–Trinajstić information content (AvgIpc) is 2.73. The summed E-state index contributed by atoms with van der Waals surface area (Å²) in [4.78, 5) is 10.3. The molecule has 1 aliphatic carbocycles. The van der Waals surface area contributed by atoms with E-state index in [2.05, 4.69) is 42.7 Å². The molecule has 18 heavy (non-hydrogen) atoms. The van der Waals surface area contributed by atoms with Crippen molar-refractivity contribution >= 4 is 0 Å². The van der Waals surface area contributed by atoms with E-state index in [1.807, 2.05) is 6.20 Å². The Bertz CT molecular complexity index is 381. The molecule has 0 amide bonds. The molecule has 1 saturated carbocycles. The molecule has 1 aromatic rings. The summed E-state index contributed by atoms with van der Waals surface area (Å²) in [6, 6.07) is 0. The van der Waals surface area contributed by atoms with Crippen LogP contribution in [0.2, 0.25) is 0 Å². The monoisotopic (exact) mass is 249 g/mol. The second-order valence-corrected chi connectivity index (χ2v) is 6.55. The van der Waals surface area contributed by atoms with Gasteiger partial charge in [0.1, 0.15) is 5.82 Å². The molecule has 1 N–H and O–H groups in total. The van der Waals surface area contributed by atoms with Gasteiger partial charge in [-0.1, -0.05) is 27.2 Å². The van der Waals surface area contributed by atoms with Crippen molar-refractivity contribution in [3.05, 3.63) is 17.7 Å². The van der Waals surface area contributed by atoms with Crippen molar-refractivity contribution in [1.82, 2.24) is 14.9 Å². The summed E-state index contributed by atoms with van der Waals surface area (Å²) in [6.45, 7) is 9.14. The van der Waals surface area contributed by atoms with Gasteiger partial charge in [0.25, 0.3) is 0 Å². The zero-order valence-electron chi connectivity index (χ0n) is 12.3. The third kappa shape index (κ3) is 3.58. The van der Waals surface area contributed by atoms with Crippen LogP contribution in [0.1, 0.15) is 51.6 Å². The van der Waals surface area contributed by atoms with Crippen molar-refractivity contribution < 1.29 is 0 Å². The largest absolute Gasteiger partial charge is 0.345 e.